The molecule has 1 amide bonds. The highest BCUT2D eigenvalue weighted by Gasteiger charge is 2.29. The zero-order valence-corrected chi connectivity index (χ0v) is 17.9. The summed E-state index contributed by atoms with van der Waals surface area (Å²) < 4.78 is 31.4. The second kappa shape index (κ2) is 9.30. The van der Waals surface area contributed by atoms with E-state index in [1.807, 2.05) is 31.2 Å². The lowest BCUT2D eigenvalue weighted by atomic mass is 10.2. The Bertz CT molecular complexity index is 933. The number of nitrogens with one attached hydrogen (secondary N) is 1. The van der Waals surface area contributed by atoms with Crippen LogP contribution >= 0.6 is 11.6 Å². The lowest BCUT2D eigenvalue weighted by Crippen LogP contribution is -2.50. The van der Waals surface area contributed by atoms with Crippen molar-refractivity contribution in [2.45, 2.75) is 32.9 Å². The number of para-hydroxylation sites is 1. The van der Waals surface area contributed by atoms with Gasteiger partial charge >= 0.3 is 0 Å². The van der Waals surface area contributed by atoms with Crippen LogP contribution < -0.4 is 14.4 Å². The Morgan fingerprint density at radius 3 is 2.46 bits per heavy atom. The van der Waals surface area contributed by atoms with Gasteiger partial charge in [-0.2, -0.15) is 0 Å². The molecule has 0 saturated carbocycles. The first kappa shape index (κ1) is 22.0. The minimum Gasteiger partial charge on any atom is -0.491 e. The summed E-state index contributed by atoms with van der Waals surface area (Å²) >= 11 is 5.98. The third-order valence-electron chi connectivity index (χ3n) is 4.12. The monoisotopic (exact) mass is 424 g/mol. The number of halogens is 1. The summed E-state index contributed by atoms with van der Waals surface area (Å²) in [4.78, 5) is 12.7. The molecule has 0 aliphatic carbocycles. The van der Waals surface area contributed by atoms with Crippen molar-refractivity contribution in [3.05, 3.63) is 59.1 Å². The molecule has 0 saturated heterocycles. The Hall–Kier alpha value is -2.25. The summed E-state index contributed by atoms with van der Waals surface area (Å²) in [5, 5.41) is 3.19. The van der Waals surface area contributed by atoms with E-state index >= 15 is 0 Å². The van der Waals surface area contributed by atoms with Crippen LogP contribution in [0.4, 0.5) is 5.69 Å². The molecule has 0 aliphatic rings. The number of sulfonamides is 1. The van der Waals surface area contributed by atoms with Crippen molar-refractivity contribution >= 4 is 33.2 Å². The largest absolute Gasteiger partial charge is 0.491 e. The Labute approximate surface area is 171 Å². The van der Waals surface area contributed by atoms with Crippen molar-refractivity contribution in [2.24, 2.45) is 0 Å². The minimum atomic E-state index is -3.69. The highest BCUT2D eigenvalue weighted by molar-refractivity contribution is 7.92. The molecular formula is C20H25ClN2O4S. The lowest BCUT2D eigenvalue weighted by Gasteiger charge is -2.29. The van der Waals surface area contributed by atoms with Gasteiger partial charge in [-0.05, 0) is 50.6 Å². The second-order valence-electron chi connectivity index (χ2n) is 6.70. The van der Waals surface area contributed by atoms with Gasteiger partial charge in [0.2, 0.25) is 15.9 Å². The van der Waals surface area contributed by atoms with Crippen LogP contribution in [0.25, 0.3) is 0 Å². The van der Waals surface area contributed by atoms with Crippen LogP contribution in [0.2, 0.25) is 5.02 Å². The van der Waals surface area contributed by atoms with Crippen molar-refractivity contribution in [1.82, 2.24) is 5.32 Å². The maximum atomic E-state index is 12.7. The number of ether oxygens (including phenoxy) is 1. The summed E-state index contributed by atoms with van der Waals surface area (Å²) in [6.45, 7) is 5.54. The topological polar surface area (TPSA) is 75.7 Å². The molecule has 2 atom stereocenters. The number of rotatable bonds is 8. The van der Waals surface area contributed by atoms with Crippen molar-refractivity contribution in [3.8, 4) is 5.75 Å². The van der Waals surface area contributed by atoms with Crippen molar-refractivity contribution < 1.29 is 17.9 Å². The third-order valence-corrected chi connectivity index (χ3v) is 5.60. The van der Waals surface area contributed by atoms with Crippen molar-refractivity contribution in [2.75, 3.05) is 17.2 Å². The van der Waals surface area contributed by atoms with E-state index in [2.05, 4.69) is 5.32 Å². The average molecular weight is 425 g/mol. The molecule has 0 spiro atoms. The Morgan fingerprint density at radius 1 is 1.18 bits per heavy atom. The quantitative estimate of drug-likeness (QED) is 0.704. The molecule has 0 radical (unpaired) electrons. The summed E-state index contributed by atoms with van der Waals surface area (Å²) in [5.41, 5.74) is 1.33. The molecular weight excluding hydrogens is 400 g/mol. The Balaban J connectivity index is 2.07. The number of carbonyl (C=O) groups is 1. The predicted molar refractivity (Wildman–Crippen MR) is 113 cm³/mol. The van der Waals surface area contributed by atoms with E-state index in [0.29, 0.717) is 10.7 Å². The molecule has 0 heterocycles. The first-order valence-electron chi connectivity index (χ1n) is 8.83. The average Bonchev–Trinajstić information content (AvgIpc) is 2.60. The molecule has 152 valence electrons. The van der Waals surface area contributed by atoms with E-state index < -0.39 is 22.0 Å². The van der Waals surface area contributed by atoms with Gasteiger partial charge in [-0.3, -0.25) is 9.10 Å². The smallest absolute Gasteiger partial charge is 0.243 e. The molecule has 28 heavy (non-hydrogen) atoms. The number of hydrogen-bond donors (Lipinski definition) is 1. The van der Waals surface area contributed by atoms with E-state index in [1.54, 1.807) is 25.1 Å². The second-order valence-corrected chi connectivity index (χ2v) is 9.00. The van der Waals surface area contributed by atoms with E-state index in [1.165, 1.54) is 13.0 Å². The fourth-order valence-electron chi connectivity index (χ4n) is 2.76. The lowest BCUT2D eigenvalue weighted by molar-refractivity contribution is -0.122. The van der Waals surface area contributed by atoms with Gasteiger partial charge in [-0.1, -0.05) is 35.9 Å². The highest BCUT2D eigenvalue weighted by Crippen LogP contribution is 2.24. The van der Waals surface area contributed by atoms with E-state index in [-0.39, 0.29) is 12.6 Å². The molecule has 0 bridgehead atoms. The Morgan fingerprint density at radius 2 is 1.86 bits per heavy atom. The van der Waals surface area contributed by atoms with E-state index in [9.17, 15) is 13.2 Å². The van der Waals surface area contributed by atoms with Gasteiger partial charge in [0, 0.05) is 5.02 Å². The standard InChI is InChI=1S/C20H25ClN2O4S/c1-14-8-5-6-11-19(14)27-13-15(2)22-20(24)16(3)23(28(4,25)26)18-10-7-9-17(21)12-18/h5-12,15-16H,13H2,1-4H3,(H,22,24)/t15-,16-/m0/s1. The molecule has 2 aromatic rings. The van der Waals surface area contributed by atoms with E-state index in [0.717, 1.165) is 21.9 Å². The molecule has 8 heteroatoms. The van der Waals surface area contributed by atoms with Gasteiger partial charge in [0.1, 0.15) is 18.4 Å². The van der Waals surface area contributed by atoms with Gasteiger partial charge in [0.15, 0.2) is 0 Å². The number of amides is 1. The van der Waals surface area contributed by atoms with E-state index in [4.69, 9.17) is 16.3 Å². The summed E-state index contributed by atoms with van der Waals surface area (Å²) in [6.07, 6.45) is 1.06. The zero-order valence-electron chi connectivity index (χ0n) is 16.3. The van der Waals surface area contributed by atoms with Gasteiger partial charge < -0.3 is 10.1 Å². The summed E-state index contributed by atoms with van der Waals surface area (Å²) in [6, 6.07) is 12.7. The first-order valence-corrected chi connectivity index (χ1v) is 11.1. The fraction of sp³-hybridized carbons (Fsp3) is 0.350. The van der Waals surface area contributed by atoms with Crippen LogP contribution in [0, 0.1) is 6.92 Å². The molecule has 0 aliphatic heterocycles. The molecule has 1 N–H and O–H groups in total. The van der Waals surface area contributed by atoms with Crippen LogP contribution in [0.3, 0.4) is 0 Å². The van der Waals surface area contributed by atoms with Crippen molar-refractivity contribution in [1.29, 1.82) is 0 Å². The number of carbonyl (C=O) groups excluding carboxylic acids is 1. The predicted octanol–water partition coefficient (Wildman–Crippen LogP) is 3.39. The van der Waals surface area contributed by atoms with Crippen LogP contribution in [0.5, 0.6) is 5.75 Å². The van der Waals surface area contributed by atoms with Crippen LogP contribution in [-0.2, 0) is 14.8 Å². The molecule has 0 unspecified atom stereocenters. The number of nitrogens with zero attached hydrogens (tertiary/aromatic N) is 1. The van der Waals surface area contributed by atoms with Crippen LogP contribution in [-0.4, -0.2) is 39.3 Å². The highest BCUT2D eigenvalue weighted by atomic mass is 35.5. The van der Waals surface area contributed by atoms with Crippen LogP contribution in [0.15, 0.2) is 48.5 Å². The molecule has 0 aromatic heterocycles. The maximum absolute atomic E-state index is 12.7. The summed E-state index contributed by atoms with van der Waals surface area (Å²) in [5.74, 6) is 0.319. The maximum Gasteiger partial charge on any atom is 0.243 e. The first-order chi connectivity index (χ1) is 13.1. The number of hydrogen-bond acceptors (Lipinski definition) is 4. The molecule has 6 nitrogen and oxygen atoms in total. The normalized spacial score (nSPS) is 13.5. The number of anilines is 1. The number of benzene rings is 2. The van der Waals surface area contributed by atoms with Gasteiger partial charge in [-0.15, -0.1) is 0 Å². The fourth-order valence-corrected chi connectivity index (χ4v) is 4.11. The van der Waals surface area contributed by atoms with Crippen LogP contribution in [0.1, 0.15) is 19.4 Å². The Kier molecular flexibility index (Phi) is 7.32. The molecule has 0 fully saturated rings. The number of aryl methyl sites for hydroxylation is 1. The van der Waals surface area contributed by atoms with Crippen molar-refractivity contribution in [3.63, 3.8) is 0 Å². The van der Waals surface area contributed by atoms with Gasteiger partial charge in [-0.25, -0.2) is 8.42 Å². The summed E-state index contributed by atoms with van der Waals surface area (Å²) in [7, 11) is -3.69. The van der Waals surface area contributed by atoms with Gasteiger partial charge in [0.25, 0.3) is 0 Å². The zero-order chi connectivity index (χ0) is 20.9. The van der Waals surface area contributed by atoms with Gasteiger partial charge in [0.05, 0.1) is 18.0 Å². The SMILES string of the molecule is Cc1ccccc1OC[C@H](C)NC(=O)[C@H](C)N(c1cccc(Cl)c1)S(C)(=O)=O. The third kappa shape index (κ3) is 5.87. The molecule has 2 rings (SSSR count). The molecule has 2 aromatic carbocycles. The minimum absolute atomic E-state index is 0.263.